The predicted molar refractivity (Wildman–Crippen MR) is 89.9 cm³/mol. The standard InChI is InChI=1S/C14H24N2O4S2/c17-15(18)13(9-7-11-3-1-4-11)21-22-14(16(19)20)10-8-12-5-2-6-12/h11-14H,1-10H2. The first-order valence-electron chi connectivity index (χ1n) is 8.15. The molecule has 22 heavy (non-hydrogen) atoms. The van der Waals surface area contributed by atoms with Gasteiger partial charge in [-0.05, 0) is 46.3 Å². The maximum atomic E-state index is 11.1. The van der Waals surface area contributed by atoms with Crippen LogP contribution in [-0.2, 0) is 0 Å². The zero-order valence-electron chi connectivity index (χ0n) is 12.7. The van der Waals surface area contributed by atoms with Gasteiger partial charge in [0.05, 0.1) is 0 Å². The maximum absolute atomic E-state index is 11.1. The van der Waals surface area contributed by atoms with Crippen LogP contribution in [0, 0.1) is 32.1 Å². The molecule has 0 aromatic rings. The summed E-state index contributed by atoms with van der Waals surface area (Å²) in [6, 6.07) is 0. The van der Waals surface area contributed by atoms with E-state index in [0.29, 0.717) is 24.7 Å². The van der Waals surface area contributed by atoms with Gasteiger partial charge in [0.25, 0.3) is 10.7 Å². The van der Waals surface area contributed by atoms with E-state index in [1.54, 1.807) is 0 Å². The molecular formula is C14H24N2O4S2. The fourth-order valence-electron chi connectivity index (χ4n) is 2.83. The molecule has 0 saturated heterocycles. The van der Waals surface area contributed by atoms with Gasteiger partial charge in [0.1, 0.15) is 0 Å². The van der Waals surface area contributed by atoms with Gasteiger partial charge >= 0.3 is 0 Å². The highest BCUT2D eigenvalue weighted by Gasteiger charge is 2.31. The molecule has 0 aromatic carbocycles. The van der Waals surface area contributed by atoms with E-state index >= 15 is 0 Å². The van der Waals surface area contributed by atoms with Gasteiger partial charge in [-0.15, -0.1) is 0 Å². The molecule has 8 heteroatoms. The molecule has 0 radical (unpaired) electrons. The summed E-state index contributed by atoms with van der Waals surface area (Å²) in [6.07, 6.45) is 10.0. The van der Waals surface area contributed by atoms with Gasteiger partial charge in [0.2, 0.25) is 0 Å². The van der Waals surface area contributed by atoms with Crippen molar-refractivity contribution < 1.29 is 9.85 Å². The van der Waals surface area contributed by atoms with E-state index in [1.165, 1.54) is 38.5 Å². The predicted octanol–water partition coefficient (Wildman–Crippen LogP) is 4.73. The van der Waals surface area contributed by atoms with Gasteiger partial charge in [-0.2, -0.15) is 0 Å². The summed E-state index contributed by atoms with van der Waals surface area (Å²) in [4.78, 5) is 21.7. The van der Waals surface area contributed by atoms with Gasteiger partial charge in [-0.3, -0.25) is 20.2 Å². The lowest BCUT2D eigenvalue weighted by atomic mass is 9.82. The van der Waals surface area contributed by atoms with Crippen LogP contribution < -0.4 is 0 Å². The Bertz CT molecular complexity index is 353. The Labute approximate surface area is 138 Å². The third-order valence-electron chi connectivity index (χ3n) is 4.84. The molecule has 2 atom stereocenters. The largest absolute Gasteiger partial charge is 0.268 e. The van der Waals surface area contributed by atoms with Gasteiger partial charge in [-0.25, -0.2) is 0 Å². The van der Waals surface area contributed by atoms with E-state index in [2.05, 4.69) is 0 Å². The fraction of sp³-hybridized carbons (Fsp3) is 1.00. The monoisotopic (exact) mass is 348 g/mol. The summed E-state index contributed by atoms with van der Waals surface area (Å²) in [5.74, 6) is 1.27. The van der Waals surface area contributed by atoms with Crippen LogP contribution in [0.1, 0.15) is 64.2 Å². The van der Waals surface area contributed by atoms with Crippen molar-refractivity contribution in [2.45, 2.75) is 75.0 Å². The van der Waals surface area contributed by atoms with Gasteiger partial charge in [-0.1, -0.05) is 38.5 Å². The first-order chi connectivity index (χ1) is 10.6. The van der Waals surface area contributed by atoms with E-state index in [4.69, 9.17) is 0 Å². The molecule has 0 N–H and O–H groups in total. The lowest BCUT2D eigenvalue weighted by molar-refractivity contribution is -0.497. The summed E-state index contributed by atoms with van der Waals surface area (Å²) in [6.45, 7) is 0. The van der Waals surface area contributed by atoms with Crippen molar-refractivity contribution in [3.8, 4) is 0 Å². The van der Waals surface area contributed by atoms with Crippen LogP contribution in [0.4, 0.5) is 0 Å². The number of hydrogen-bond acceptors (Lipinski definition) is 6. The maximum Gasteiger partial charge on any atom is 0.268 e. The Morgan fingerprint density at radius 3 is 1.41 bits per heavy atom. The average molecular weight is 348 g/mol. The molecule has 2 saturated carbocycles. The average Bonchev–Trinajstić information content (AvgIpc) is 2.35. The summed E-state index contributed by atoms with van der Waals surface area (Å²) in [5, 5.41) is 20.8. The van der Waals surface area contributed by atoms with Crippen LogP contribution in [0.3, 0.4) is 0 Å². The molecule has 0 heterocycles. The number of nitrogens with zero attached hydrogens (tertiary/aromatic N) is 2. The minimum atomic E-state index is -0.711. The second kappa shape index (κ2) is 8.96. The van der Waals surface area contributed by atoms with Crippen LogP contribution in [0.25, 0.3) is 0 Å². The van der Waals surface area contributed by atoms with E-state index in [0.717, 1.165) is 34.4 Å². The number of rotatable bonds is 11. The number of hydrogen-bond donors (Lipinski definition) is 0. The summed E-state index contributed by atoms with van der Waals surface area (Å²) in [5.41, 5.74) is 0. The van der Waals surface area contributed by atoms with Crippen LogP contribution in [0.15, 0.2) is 0 Å². The fourth-order valence-corrected chi connectivity index (χ4v) is 5.46. The van der Waals surface area contributed by atoms with Crippen molar-refractivity contribution in [1.82, 2.24) is 0 Å². The Kier molecular flexibility index (Phi) is 7.27. The third kappa shape index (κ3) is 5.61. The van der Waals surface area contributed by atoms with Crippen molar-refractivity contribution >= 4 is 21.6 Å². The van der Waals surface area contributed by atoms with Crippen LogP contribution >= 0.6 is 21.6 Å². The molecule has 2 fully saturated rings. The zero-order chi connectivity index (χ0) is 15.9. The van der Waals surface area contributed by atoms with Crippen molar-refractivity contribution in [3.63, 3.8) is 0 Å². The molecular weight excluding hydrogens is 324 g/mol. The molecule has 126 valence electrons. The van der Waals surface area contributed by atoms with E-state index in [9.17, 15) is 20.2 Å². The zero-order valence-corrected chi connectivity index (χ0v) is 14.4. The van der Waals surface area contributed by atoms with E-state index in [-0.39, 0.29) is 9.85 Å². The molecule has 0 spiro atoms. The first-order valence-corrected chi connectivity index (χ1v) is 10.4. The van der Waals surface area contributed by atoms with Crippen molar-refractivity contribution in [1.29, 1.82) is 0 Å². The molecule has 2 unspecified atom stereocenters. The van der Waals surface area contributed by atoms with Crippen LogP contribution in [-0.4, -0.2) is 20.6 Å². The van der Waals surface area contributed by atoms with Crippen LogP contribution in [0.5, 0.6) is 0 Å². The molecule has 6 nitrogen and oxygen atoms in total. The topological polar surface area (TPSA) is 86.3 Å². The van der Waals surface area contributed by atoms with Crippen LogP contribution in [0.2, 0.25) is 0 Å². The summed E-state index contributed by atoms with van der Waals surface area (Å²) >= 11 is 0. The van der Waals surface area contributed by atoms with Gasteiger partial charge in [0.15, 0.2) is 0 Å². The highest BCUT2D eigenvalue weighted by atomic mass is 33.1. The molecule has 2 rings (SSSR count). The van der Waals surface area contributed by atoms with E-state index < -0.39 is 10.7 Å². The quantitative estimate of drug-likeness (QED) is 0.232. The lowest BCUT2D eigenvalue weighted by Gasteiger charge is -2.26. The Hall–Kier alpha value is -0.500. The second-order valence-corrected chi connectivity index (χ2v) is 9.05. The smallest absolute Gasteiger partial charge is 0.263 e. The lowest BCUT2D eigenvalue weighted by Crippen LogP contribution is -2.21. The molecule has 0 aromatic heterocycles. The van der Waals surface area contributed by atoms with E-state index in [1.807, 2.05) is 0 Å². The van der Waals surface area contributed by atoms with Crippen molar-refractivity contribution in [3.05, 3.63) is 20.2 Å². The minimum absolute atomic E-state index is 0.279. The summed E-state index contributed by atoms with van der Waals surface area (Å²) in [7, 11) is 2.19. The molecule has 2 aliphatic rings. The Morgan fingerprint density at radius 2 is 1.18 bits per heavy atom. The molecule has 2 aliphatic carbocycles. The highest BCUT2D eigenvalue weighted by molar-refractivity contribution is 8.77. The van der Waals surface area contributed by atoms with Gasteiger partial charge < -0.3 is 0 Å². The second-order valence-electron chi connectivity index (χ2n) is 6.42. The third-order valence-corrected chi connectivity index (χ3v) is 7.88. The molecule has 0 aliphatic heterocycles. The SMILES string of the molecule is O=[N+]([O-])C(CCC1CCC1)SSC(CCC1CCC1)[N+](=O)[O-]. The Morgan fingerprint density at radius 1 is 0.818 bits per heavy atom. The molecule has 0 amide bonds. The Balaban J connectivity index is 1.71. The van der Waals surface area contributed by atoms with Gasteiger partial charge in [0, 0.05) is 22.7 Å². The van der Waals surface area contributed by atoms with Crippen molar-refractivity contribution in [2.75, 3.05) is 0 Å². The first kappa shape index (κ1) is 17.8. The summed E-state index contributed by atoms with van der Waals surface area (Å²) < 4.78 is 0. The molecule has 0 bridgehead atoms. The normalized spacial score (nSPS) is 21.6. The minimum Gasteiger partial charge on any atom is -0.263 e. The van der Waals surface area contributed by atoms with Crippen molar-refractivity contribution in [2.24, 2.45) is 11.8 Å². The number of nitro groups is 2. The highest BCUT2D eigenvalue weighted by Crippen LogP contribution is 2.40.